The standard InChI is InChI=1S/C10H14N4S/c1-6(11)5-15-10-13-8-3-2-7(12)4-9(8)14-10/h2-4,6H,5,11-12H2,1H3,(H,13,14). The van der Waals surface area contributed by atoms with Crippen molar-refractivity contribution in [2.45, 2.75) is 18.1 Å². The Morgan fingerprint density at radius 3 is 3.07 bits per heavy atom. The number of anilines is 1. The predicted molar refractivity (Wildman–Crippen MR) is 64.9 cm³/mol. The first-order chi connectivity index (χ1) is 7.15. The van der Waals surface area contributed by atoms with E-state index in [4.69, 9.17) is 11.5 Å². The van der Waals surface area contributed by atoms with E-state index in [0.29, 0.717) is 0 Å². The largest absolute Gasteiger partial charge is 0.399 e. The summed E-state index contributed by atoms with van der Waals surface area (Å²) in [6, 6.07) is 5.83. The predicted octanol–water partition coefficient (Wildman–Crippen LogP) is 1.58. The van der Waals surface area contributed by atoms with E-state index < -0.39 is 0 Å². The molecule has 0 aliphatic carbocycles. The van der Waals surface area contributed by atoms with E-state index in [2.05, 4.69) is 9.97 Å². The molecule has 1 aromatic carbocycles. The minimum atomic E-state index is 0.174. The van der Waals surface area contributed by atoms with E-state index in [9.17, 15) is 0 Å². The molecular formula is C10H14N4S. The molecule has 5 N–H and O–H groups in total. The van der Waals surface area contributed by atoms with Crippen molar-refractivity contribution in [1.29, 1.82) is 0 Å². The van der Waals surface area contributed by atoms with Crippen LogP contribution in [0.1, 0.15) is 6.92 Å². The van der Waals surface area contributed by atoms with Gasteiger partial charge in [0.05, 0.1) is 11.0 Å². The second kappa shape index (κ2) is 4.12. The number of hydrogen-bond donors (Lipinski definition) is 3. The van der Waals surface area contributed by atoms with Crippen LogP contribution in [-0.4, -0.2) is 21.8 Å². The summed E-state index contributed by atoms with van der Waals surface area (Å²) in [5, 5.41) is 0.896. The summed E-state index contributed by atoms with van der Waals surface area (Å²) in [6.45, 7) is 1.98. The van der Waals surface area contributed by atoms with Gasteiger partial charge in [-0.25, -0.2) is 4.98 Å². The van der Waals surface area contributed by atoms with Crippen molar-refractivity contribution < 1.29 is 0 Å². The quantitative estimate of drug-likeness (QED) is 0.544. The molecule has 0 saturated carbocycles. The van der Waals surface area contributed by atoms with Crippen molar-refractivity contribution in [1.82, 2.24) is 9.97 Å². The molecular weight excluding hydrogens is 208 g/mol. The van der Waals surface area contributed by atoms with Crippen LogP contribution < -0.4 is 11.5 Å². The molecule has 1 unspecified atom stereocenters. The highest BCUT2D eigenvalue weighted by Crippen LogP contribution is 2.21. The average molecular weight is 222 g/mol. The van der Waals surface area contributed by atoms with E-state index in [1.54, 1.807) is 11.8 Å². The lowest BCUT2D eigenvalue weighted by Crippen LogP contribution is -2.17. The topological polar surface area (TPSA) is 80.7 Å². The van der Waals surface area contributed by atoms with Crippen molar-refractivity contribution in [2.75, 3.05) is 11.5 Å². The Balaban J connectivity index is 2.23. The second-order valence-corrected chi connectivity index (χ2v) is 4.62. The van der Waals surface area contributed by atoms with Crippen LogP contribution in [0.2, 0.25) is 0 Å². The number of benzene rings is 1. The number of nitrogens with two attached hydrogens (primary N) is 2. The number of aromatic amines is 1. The van der Waals surface area contributed by atoms with Crippen LogP contribution in [0.4, 0.5) is 5.69 Å². The van der Waals surface area contributed by atoms with Crippen LogP contribution in [0, 0.1) is 0 Å². The van der Waals surface area contributed by atoms with E-state index >= 15 is 0 Å². The Morgan fingerprint density at radius 2 is 2.33 bits per heavy atom. The van der Waals surface area contributed by atoms with Crippen LogP contribution in [0.15, 0.2) is 23.4 Å². The molecule has 0 fully saturated rings. The molecule has 0 saturated heterocycles. The zero-order valence-corrected chi connectivity index (χ0v) is 9.34. The van der Waals surface area contributed by atoms with Gasteiger partial charge in [-0.2, -0.15) is 0 Å². The van der Waals surface area contributed by atoms with E-state index in [0.717, 1.165) is 27.6 Å². The summed E-state index contributed by atoms with van der Waals surface area (Å²) in [5.41, 5.74) is 14.0. The van der Waals surface area contributed by atoms with Gasteiger partial charge in [0, 0.05) is 17.5 Å². The number of fused-ring (bicyclic) bond motifs is 1. The van der Waals surface area contributed by atoms with Crippen molar-refractivity contribution in [2.24, 2.45) is 5.73 Å². The molecule has 2 rings (SSSR count). The number of nitrogen functional groups attached to an aromatic ring is 1. The van der Waals surface area contributed by atoms with Gasteiger partial charge >= 0.3 is 0 Å². The Hall–Kier alpha value is -1.20. The van der Waals surface area contributed by atoms with Gasteiger partial charge in [-0.05, 0) is 25.1 Å². The zero-order valence-electron chi connectivity index (χ0n) is 8.53. The van der Waals surface area contributed by atoms with Gasteiger partial charge in [-0.15, -0.1) is 0 Å². The molecule has 0 amide bonds. The summed E-state index contributed by atoms with van der Waals surface area (Å²) < 4.78 is 0. The molecule has 1 aromatic heterocycles. The van der Waals surface area contributed by atoms with Crippen LogP contribution in [-0.2, 0) is 0 Å². The monoisotopic (exact) mass is 222 g/mol. The van der Waals surface area contributed by atoms with Gasteiger partial charge in [0.1, 0.15) is 0 Å². The second-order valence-electron chi connectivity index (χ2n) is 3.61. The van der Waals surface area contributed by atoms with E-state index in [1.807, 2.05) is 25.1 Å². The van der Waals surface area contributed by atoms with Gasteiger partial charge in [-0.1, -0.05) is 11.8 Å². The molecule has 2 aromatic rings. The minimum Gasteiger partial charge on any atom is -0.399 e. The molecule has 0 aliphatic rings. The SMILES string of the molecule is CC(N)CSc1nc2ccc(N)cc2[nH]1. The van der Waals surface area contributed by atoms with Crippen molar-refractivity contribution in [3.05, 3.63) is 18.2 Å². The number of nitrogens with zero attached hydrogens (tertiary/aromatic N) is 1. The fourth-order valence-corrected chi connectivity index (χ4v) is 2.05. The lowest BCUT2D eigenvalue weighted by atomic mass is 10.3. The summed E-state index contributed by atoms with van der Waals surface area (Å²) in [7, 11) is 0. The van der Waals surface area contributed by atoms with Crippen LogP contribution in [0.5, 0.6) is 0 Å². The van der Waals surface area contributed by atoms with Crippen LogP contribution in [0.25, 0.3) is 11.0 Å². The molecule has 15 heavy (non-hydrogen) atoms. The highest BCUT2D eigenvalue weighted by atomic mass is 32.2. The number of thioether (sulfide) groups is 1. The highest BCUT2D eigenvalue weighted by Gasteiger charge is 2.04. The molecule has 0 bridgehead atoms. The third-order valence-corrected chi connectivity index (χ3v) is 3.13. The summed E-state index contributed by atoms with van der Waals surface area (Å²) in [5.74, 6) is 0.856. The molecule has 0 aliphatic heterocycles. The highest BCUT2D eigenvalue weighted by molar-refractivity contribution is 7.99. The fraction of sp³-hybridized carbons (Fsp3) is 0.300. The minimum absolute atomic E-state index is 0.174. The van der Waals surface area contributed by atoms with Gasteiger partial charge in [0.15, 0.2) is 5.16 Å². The smallest absolute Gasteiger partial charge is 0.166 e. The van der Waals surface area contributed by atoms with Gasteiger partial charge in [0.25, 0.3) is 0 Å². The first-order valence-corrected chi connectivity index (χ1v) is 5.77. The molecule has 0 radical (unpaired) electrons. The van der Waals surface area contributed by atoms with Crippen LogP contribution >= 0.6 is 11.8 Å². The number of H-pyrrole nitrogens is 1. The number of aromatic nitrogens is 2. The third kappa shape index (κ3) is 2.43. The number of hydrogen-bond acceptors (Lipinski definition) is 4. The number of rotatable bonds is 3. The Labute approximate surface area is 92.4 Å². The zero-order chi connectivity index (χ0) is 10.8. The first-order valence-electron chi connectivity index (χ1n) is 4.79. The van der Waals surface area contributed by atoms with Crippen molar-refractivity contribution in [3.63, 3.8) is 0 Å². The number of nitrogens with one attached hydrogen (secondary N) is 1. The maximum absolute atomic E-state index is 5.68. The van der Waals surface area contributed by atoms with E-state index in [-0.39, 0.29) is 6.04 Å². The Morgan fingerprint density at radius 1 is 1.53 bits per heavy atom. The molecule has 4 nitrogen and oxygen atoms in total. The maximum Gasteiger partial charge on any atom is 0.166 e. The Bertz CT molecular complexity index is 463. The normalized spacial score (nSPS) is 13.2. The molecule has 80 valence electrons. The molecule has 0 spiro atoms. The lowest BCUT2D eigenvalue weighted by Gasteiger charge is -2.00. The molecule has 1 atom stereocenters. The van der Waals surface area contributed by atoms with E-state index in [1.165, 1.54) is 0 Å². The first kappa shape index (κ1) is 10.3. The molecule has 5 heteroatoms. The summed E-state index contributed by atoms with van der Waals surface area (Å²) >= 11 is 1.63. The van der Waals surface area contributed by atoms with Crippen molar-refractivity contribution >= 4 is 28.5 Å². The maximum atomic E-state index is 5.68. The fourth-order valence-electron chi connectivity index (χ4n) is 1.28. The van der Waals surface area contributed by atoms with Crippen LogP contribution in [0.3, 0.4) is 0 Å². The molecule has 1 heterocycles. The van der Waals surface area contributed by atoms with Gasteiger partial charge < -0.3 is 16.5 Å². The van der Waals surface area contributed by atoms with Gasteiger partial charge in [-0.3, -0.25) is 0 Å². The van der Waals surface area contributed by atoms with Gasteiger partial charge in [0.2, 0.25) is 0 Å². The van der Waals surface area contributed by atoms with Crippen molar-refractivity contribution in [3.8, 4) is 0 Å². The summed E-state index contributed by atoms with van der Waals surface area (Å²) in [6.07, 6.45) is 0. The average Bonchev–Trinajstić information content (AvgIpc) is 2.56. The lowest BCUT2D eigenvalue weighted by molar-refractivity contribution is 0.844. The Kier molecular flexibility index (Phi) is 2.83. The summed E-state index contributed by atoms with van der Waals surface area (Å²) in [4.78, 5) is 7.63. The third-order valence-electron chi connectivity index (χ3n) is 1.97. The number of imidazole rings is 1.